The Morgan fingerprint density at radius 2 is 2.10 bits per heavy atom. The van der Waals surface area contributed by atoms with Gasteiger partial charge in [0.1, 0.15) is 12.0 Å². The Morgan fingerprint density at radius 3 is 2.83 bits per heavy atom. The molecule has 164 valence electrons. The first-order chi connectivity index (χ1) is 14.2. The van der Waals surface area contributed by atoms with Crippen molar-refractivity contribution in [3.05, 3.63) is 42.3 Å². The first-order valence-electron chi connectivity index (χ1n) is 10.5. The van der Waals surface area contributed by atoms with Crippen molar-refractivity contribution < 1.29 is 9.21 Å². The fourth-order valence-electron chi connectivity index (χ4n) is 3.46. The molecule has 1 aliphatic rings. The first kappa shape index (κ1) is 24.2. The highest BCUT2D eigenvalue weighted by molar-refractivity contribution is 14.0. The summed E-state index contributed by atoms with van der Waals surface area (Å²) >= 11 is 0. The molecule has 1 aromatic heterocycles. The number of carbonyl (C=O) groups is 1. The lowest BCUT2D eigenvalue weighted by Crippen LogP contribution is -2.42. The lowest BCUT2D eigenvalue weighted by Gasteiger charge is -2.31. The Labute approximate surface area is 195 Å². The van der Waals surface area contributed by atoms with Crippen molar-refractivity contribution >= 4 is 35.8 Å². The molecule has 1 aromatic carbocycles. The third-order valence-electron chi connectivity index (χ3n) is 4.96. The van der Waals surface area contributed by atoms with Gasteiger partial charge >= 0.3 is 0 Å². The molecular weight excluding hydrogens is 493 g/mol. The van der Waals surface area contributed by atoms with Crippen LogP contribution in [0.4, 0.5) is 0 Å². The lowest BCUT2D eigenvalue weighted by atomic mass is 10.00. The molecular formula is C22H32IN5O2. The van der Waals surface area contributed by atoms with Gasteiger partial charge in [0.05, 0.1) is 6.54 Å². The SMILES string of the molecule is CCNC(=NCc1coc(-c2ccccc2)n1)NCCC(=O)N1CCCC(C)C1.I. The van der Waals surface area contributed by atoms with E-state index in [0.717, 1.165) is 37.3 Å². The second-order valence-corrected chi connectivity index (χ2v) is 7.47. The molecule has 8 heteroatoms. The van der Waals surface area contributed by atoms with Crippen molar-refractivity contribution in [1.82, 2.24) is 20.5 Å². The number of oxazole rings is 1. The maximum Gasteiger partial charge on any atom is 0.226 e. The van der Waals surface area contributed by atoms with Crippen molar-refractivity contribution in [3.63, 3.8) is 0 Å². The van der Waals surface area contributed by atoms with Crippen LogP contribution in [-0.2, 0) is 11.3 Å². The van der Waals surface area contributed by atoms with Gasteiger partial charge in [0, 0.05) is 38.2 Å². The predicted molar refractivity (Wildman–Crippen MR) is 130 cm³/mol. The molecule has 3 rings (SSSR count). The van der Waals surface area contributed by atoms with Crippen molar-refractivity contribution in [1.29, 1.82) is 0 Å². The van der Waals surface area contributed by atoms with E-state index in [4.69, 9.17) is 4.42 Å². The number of hydrogen-bond acceptors (Lipinski definition) is 4. The van der Waals surface area contributed by atoms with E-state index < -0.39 is 0 Å². The molecule has 0 spiro atoms. The number of carbonyl (C=O) groups excluding carboxylic acids is 1. The highest BCUT2D eigenvalue weighted by atomic mass is 127. The molecule has 1 aliphatic heterocycles. The zero-order chi connectivity index (χ0) is 20.5. The molecule has 0 bridgehead atoms. The monoisotopic (exact) mass is 525 g/mol. The van der Waals surface area contributed by atoms with E-state index in [0.29, 0.717) is 37.3 Å². The van der Waals surface area contributed by atoms with E-state index in [9.17, 15) is 4.79 Å². The largest absolute Gasteiger partial charge is 0.444 e. The number of halogens is 1. The van der Waals surface area contributed by atoms with Crippen LogP contribution in [0.1, 0.15) is 38.8 Å². The summed E-state index contributed by atoms with van der Waals surface area (Å²) in [5, 5.41) is 6.45. The van der Waals surface area contributed by atoms with Gasteiger partial charge in [-0.2, -0.15) is 0 Å². The molecule has 2 N–H and O–H groups in total. The molecule has 0 saturated carbocycles. The summed E-state index contributed by atoms with van der Waals surface area (Å²) in [5.41, 5.74) is 1.71. The number of likely N-dealkylation sites (tertiary alicyclic amines) is 1. The van der Waals surface area contributed by atoms with Crippen molar-refractivity contribution in [2.24, 2.45) is 10.9 Å². The van der Waals surface area contributed by atoms with E-state index in [1.807, 2.05) is 42.2 Å². The van der Waals surface area contributed by atoms with Crippen LogP contribution in [0.3, 0.4) is 0 Å². The topological polar surface area (TPSA) is 82.8 Å². The van der Waals surface area contributed by atoms with Gasteiger partial charge < -0.3 is 20.0 Å². The van der Waals surface area contributed by atoms with Crippen LogP contribution in [-0.4, -0.2) is 47.9 Å². The van der Waals surface area contributed by atoms with Gasteiger partial charge in [0.2, 0.25) is 11.8 Å². The summed E-state index contributed by atoms with van der Waals surface area (Å²) in [6, 6.07) is 9.80. The molecule has 1 fully saturated rings. The third-order valence-corrected chi connectivity index (χ3v) is 4.96. The molecule has 1 amide bonds. The second kappa shape index (κ2) is 12.6. The summed E-state index contributed by atoms with van der Waals surface area (Å²) in [5.74, 6) is 2.08. The number of aliphatic imine (C=N–C) groups is 1. The number of amides is 1. The fraction of sp³-hybridized carbons (Fsp3) is 0.500. The Kier molecular flexibility index (Phi) is 10.1. The molecule has 2 heterocycles. The van der Waals surface area contributed by atoms with Gasteiger partial charge in [-0.15, -0.1) is 24.0 Å². The van der Waals surface area contributed by atoms with Gasteiger partial charge in [-0.1, -0.05) is 25.1 Å². The van der Waals surface area contributed by atoms with Crippen molar-refractivity contribution in [3.8, 4) is 11.5 Å². The van der Waals surface area contributed by atoms with E-state index in [1.165, 1.54) is 6.42 Å². The van der Waals surface area contributed by atoms with Gasteiger partial charge in [-0.25, -0.2) is 9.98 Å². The Hall–Kier alpha value is -2.10. The number of piperidine rings is 1. The van der Waals surface area contributed by atoms with E-state index >= 15 is 0 Å². The second-order valence-electron chi connectivity index (χ2n) is 7.47. The molecule has 0 radical (unpaired) electrons. The normalized spacial score (nSPS) is 16.7. The van der Waals surface area contributed by atoms with Crippen LogP contribution in [0.25, 0.3) is 11.5 Å². The molecule has 0 aliphatic carbocycles. The summed E-state index contributed by atoms with van der Waals surface area (Å²) in [4.78, 5) is 23.4. The summed E-state index contributed by atoms with van der Waals surface area (Å²) in [6.45, 7) is 7.70. The van der Waals surface area contributed by atoms with Gasteiger partial charge in [-0.3, -0.25) is 4.79 Å². The molecule has 7 nitrogen and oxygen atoms in total. The molecule has 30 heavy (non-hydrogen) atoms. The maximum atomic E-state index is 12.4. The number of hydrogen-bond donors (Lipinski definition) is 2. The van der Waals surface area contributed by atoms with Gasteiger partial charge in [0.15, 0.2) is 5.96 Å². The van der Waals surface area contributed by atoms with Crippen LogP contribution in [0.2, 0.25) is 0 Å². The van der Waals surface area contributed by atoms with Gasteiger partial charge in [-0.05, 0) is 37.8 Å². The number of nitrogens with one attached hydrogen (secondary N) is 2. The molecule has 1 unspecified atom stereocenters. The number of rotatable bonds is 7. The fourth-order valence-corrected chi connectivity index (χ4v) is 3.46. The Bertz CT molecular complexity index is 809. The number of nitrogens with zero attached hydrogens (tertiary/aromatic N) is 3. The number of benzene rings is 1. The highest BCUT2D eigenvalue weighted by Crippen LogP contribution is 2.18. The first-order valence-corrected chi connectivity index (χ1v) is 10.5. The van der Waals surface area contributed by atoms with Crippen LogP contribution in [0.15, 0.2) is 46.0 Å². The minimum atomic E-state index is 0. The average Bonchev–Trinajstić information content (AvgIpc) is 3.21. The smallest absolute Gasteiger partial charge is 0.226 e. The average molecular weight is 525 g/mol. The summed E-state index contributed by atoms with van der Waals surface area (Å²) < 4.78 is 5.56. The quantitative estimate of drug-likeness (QED) is 0.328. The van der Waals surface area contributed by atoms with Crippen LogP contribution < -0.4 is 10.6 Å². The van der Waals surface area contributed by atoms with Gasteiger partial charge in [0.25, 0.3) is 0 Å². The Balaban J connectivity index is 0.00000320. The lowest BCUT2D eigenvalue weighted by molar-refractivity contribution is -0.132. The third kappa shape index (κ3) is 7.30. The summed E-state index contributed by atoms with van der Waals surface area (Å²) in [7, 11) is 0. The van der Waals surface area contributed by atoms with Crippen LogP contribution in [0.5, 0.6) is 0 Å². The van der Waals surface area contributed by atoms with E-state index in [1.54, 1.807) is 6.26 Å². The van der Waals surface area contributed by atoms with E-state index in [2.05, 4.69) is 27.5 Å². The highest BCUT2D eigenvalue weighted by Gasteiger charge is 2.20. The minimum absolute atomic E-state index is 0. The van der Waals surface area contributed by atoms with Crippen LogP contribution >= 0.6 is 24.0 Å². The molecule has 1 atom stereocenters. The van der Waals surface area contributed by atoms with Crippen molar-refractivity contribution in [2.75, 3.05) is 26.2 Å². The Morgan fingerprint density at radius 1 is 1.30 bits per heavy atom. The molecule has 2 aromatic rings. The van der Waals surface area contributed by atoms with Crippen LogP contribution in [0, 0.1) is 5.92 Å². The zero-order valence-corrected chi connectivity index (χ0v) is 20.1. The van der Waals surface area contributed by atoms with Crippen molar-refractivity contribution in [2.45, 2.75) is 39.7 Å². The minimum Gasteiger partial charge on any atom is -0.444 e. The zero-order valence-electron chi connectivity index (χ0n) is 17.8. The standard InChI is InChI=1S/C22H31N5O2.HI/c1-3-23-22(24-12-11-20(28)27-13-7-8-17(2)15-27)25-14-19-16-29-21(26-19)18-9-5-4-6-10-18;/h4-6,9-10,16-17H,3,7-8,11-15H2,1-2H3,(H2,23,24,25);1H. The summed E-state index contributed by atoms with van der Waals surface area (Å²) in [6.07, 6.45) is 4.43. The maximum absolute atomic E-state index is 12.4. The molecule has 1 saturated heterocycles. The number of guanidine groups is 1. The number of aromatic nitrogens is 1. The predicted octanol–water partition coefficient (Wildman–Crippen LogP) is 3.66. The van der Waals surface area contributed by atoms with E-state index in [-0.39, 0.29) is 29.9 Å².